The van der Waals surface area contributed by atoms with Gasteiger partial charge in [-0.3, -0.25) is 9.78 Å². The van der Waals surface area contributed by atoms with Crippen molar-refractivity contribution in [2.45, 2.75) is 13.3 Å². The van der Waals surface area contributed by atoms with Crippen LogP contribution in [-0.2, 0) is 6.42 Å². The third kappa shape index (κ3) is 2.66. The van der Waals surface area contributed by atoms with E-state index in [1.807, 2.05) is 19.1 Å². The molecule has 0 aliphatic heterocycles. The second kappa shape index (κ2) is 5.92. The zero-order valence-electron chi connectivity index (χ0n) is 12.4. The van der Waals surface area contributed by atoms with Gasteiger partial charge >= 0.3 is 0 Å². The minimum Gasteiger partial charge on any atom is -0.505 e. The molecule has 0 atom stereocenters. The number of benzene rings is 1. The lowest BCUT2D eigenvalue weighted by atomic mass is 10.0. The third-order valence-corrected chi connectivity index (χ3v) is 3.61. The highest BCUT2D eigenvalue weighted by Gasteiger charge is 2.18. The Morgan fingerprint density at radius 1 is 1.17 bits per heavy atom. The van der Waals surface area contributed by atoms with Crippen LogP contribution >= 0.6 is 0 Å². The molecule has 0 fully saturated rings. The molecule has 0 bridgehead atoms. The number of aromatic hydroxyl groups is 2. The molecule has 3 rings (SSSR count). The Bertz CT molecular complexity index is 879. The molecule has 23 heavy (non-hydrogen) atoms. The van der Waals surface area contributed by atoms with Crippen molar-refractivity contribution in [3.63, 3.8) is 0 Å². The number of hydrogen-bond acceptors (Lipinski definition) is 5. The molecule has 0 aliphatic carbocycles. The molecule has 1 amide bonds. The topological polar surface area (TPSA) is 95.3 Å². The van der Waals surface area contributed by atoms with Crippen LogP contribution in [-0.4, -0.2) is 26.1 Å². The molecule has 2 heterocycles. The largest absolute Gasteiger partial charge is 0.505 e. The van der Waals surface area contributed by atoms with Crippen LogP contribution in [0.4, 0.5) is 5.69 Å². The van der Waals surface area contributed by atoms with Crippen LogP contribution in [0.5, 0.6) is 11.6 Å². The molecule has 0 saturated carbocycles. The zero-order valence-corrected chi connectivity index (χ0v) is 12.4. The molecule has 0 unspecified atom stereocenters. The summed E-state index contributed by atoms with van der Waals surface area (Å²) in [6.07, 6.45) is 3.67. The molecule has 3 aromatic rings. The van der Waals surface area contributed by atoms with E-state index in [0.29, 0.717) is 22.9 Å². The first kappa shape index (κ1) is 14.8. The lowest BCUT2D eigenvalue weighted by Crippen LogP contribution is -2.12. The van der Waals surface area contributed by atoms with Gasteiger partial charge in [0.2, 0.25) is 5.88 Å². The number of aromatic nitrogens is 2. The maximum absolute atomic E-state index is 12.2. The van der Waals surface area contributed by atoms with Crippen LogP contribution in [0.3, 0.4) is 0 Å². The number of nitrogens with one attached hydrogen (secondary N) is 1. The lowest BCUT2D eigenvalue weighted by Gasteiger charge is -2.13. The third-order valence-electron chi connectivity index (χ3n) is 3.61. The fourth-order valence-corrected chi connectivity index (χ4v) is 2.45. The summed E-state index contributed by atoms with van der Waals surface area (Å²) in [4.78, 5) is 20.1. The summed E-state index contributed by atoms with van der Waals surface area (Å²) in [5.74, 6) is -1.08. The quantitative estimate of drug-likeness (QED) is 0.691. The first-order valence-electron chi connectivity index (χ1n) is 7.16. The molecule has 0 spiro atoms. The van der Waals surface area contributed by atoms with Gasteiger partial charge in [0.1, 0.15) is 5.69 Å². The van der Waals surface area contributed by atoms with Gasteiger partial charge in [0.15, 0.2) is 5.75 Å². The molecular formula is C17H15N3O3. The summed E-state index contributed by atoms with van der Waals surface area (Å²) in [5, 5.41) is 23.6. The number of fused-ring (bicyclic) bond motifs is 1. The number of anilines is 1. The maximum Gasteiger partial charge on any atom is 0.256 e. The standard InChI is InChI=1S/C17H15N3O3/c1-2-10-4-3-5-12-13(10)15(21)14(17(23)19-12)20-16(22)11-6-8-18-9-7-11/h3-9H,2H2,1H3,(H,20,22)(H2,19,21,23). The Kier molecular flexibility index (Phi) is 3.80. The van der Waals surface area contributed by atoms with E-state index in [1.165, 1.54) is 24.5 Å². The van der Waals surface area contributed by atoms with Crippen LogP contribution < -0.4 is 5.32 Å². The normalized spacial score (nSPS) is 10.7. The van der Waals surface area contributed by atoms with Gasteiger partial charge in [-0.05, 0) is 30.2 Å². The highest BCUT2D eigenvalue weighted by atomic mass is 16.3. The van der Waals surface area contributed by atoms with Crippen molar-refractivity contribution in [3.8, 4) is 11.6 Å². The molecule has 116 valence electrons. The average Bonchev–Trinajstić information content (AvgIpc) is 2.58. The van der Waals surface area contributed by atoms with Crippen molar-refractivity contribution < 1.29 is 15.0 Å². The Hall–Kier alpha value is -3.15. The Balaban J connectivity index is 2.09. The van der Waals surface area contributed by atoms with Crippen LogP contribution in [0.15, 0.2) is 42.7 Å². The van der Waals surface area contributed by atoms with Crippen molar-refractivity contribution in [2.24, 2.45) is 0 Å². The molecule has 3 N–H and O–H groups in total. The number of carbonyl (C=O) groups is 1. The van der Waals surface area contributed by atoms with Crippen molar-refractivity contribution in [3.05, 3.63) is 53.9 Å². The lowest BCUT2D eigenvalue weighted by molar-refractivity contribution is 0.102. The van der Waals surface area contributed by atoms with Gasteiger partial charge < -0.3 is 15.5 Å². The van der Waals surface area contributed by atoms with Crippen molar-refractivity contribution in [2.75, 3.05) is 5.32 Å². The smallest absolute Gasteiger partial charge is 0.256 e. The number of aryl methyl sites for hydroxylation is 1. The molecule has 2 aromatic heterocycles. The molecule has 6 heteroatoms. The summed E-state index contributed by atoms with van der Waals surface area (Å²) in [6, 6.07) is 8.45. The van der Waals surface area contributed by atoms with Gasteiger partial charge in [-0.25, -0.2) is 4.98 Å². The van der Waals surface area contributed by atoms with Crippen molar-refractivity contribution in [1.29, 1.82) is 0 Å². The molecular weight excluding hydrogens is 294 g/mol. The van der Waals surface area contributed by atoms with E-state index in [2.05, 4.69) is 15.3 Å². The van der Waals surface area contributed by atoms with E-state index in [0.717, 1.165) is 5.56 Å². The van der Waals surface area contributed by atoms with Gasteiger partial charge in [-0.1, -0.05) is 19.1 Å². The number of hydrogen-bond donors (Lipinski definition) is 3. The zero-order chi connectivity index (χ0) is 16.4. The highest BCUT2D eigenvalue weighted by molar-refractivity contribution is 6.08. The number of pyridine rings is 2. The van der Waals surface area contributed by atoms with Crippen LogP contribution in [0.1, 0.15) is 22.8 Å². The molecule has 6 nitrogen and oxygen atoms in total. The molecule has 0 radical (unpaired) electrons. The first-order valence-corrected chi connectivity index (χ1v) is 7.16. The minimum absolute atomic E-state index is 0.0970. The van der Waals surface area contributed by atoms with E-state index in [9.17, 15) is 15.0 Å². The van der Waals surface area contributed by atoms with Crippen molar-refractivity contribution in [1.82, 2.24) is 9.97 Å². The van der Waals surface area contributed by atoms with E-state index < -0.39 is 11.8 Å². The van der Waals surface area contributed by atoms with E-state index >= 15 is 0 Å². The summed E-state index contributed by atoms with van der Waals surface area (Å²) in [6.45, 7) is 1.95. The number of nitrogens with zero attached hydrogens (tertiary/aromatic N) is 2. The van der Waals surface area contributed by atoms with Crippen LogP contribution in [0.2, 0.25) is 0 Å². The predicted molar refractivity (Wildman–Crippen MR) is 86.6 cm³/mol. The second-order valence-corrected chi connectivity index (χ2v) is 5.01. The fraction of sp³-hybridized carbons (Fsp3) is 0.118. The Morgan fingerprint density at radius 3 is 2.61 bits per heavy atom. The minimum atomic E-state index is -0.465. The summed E-state index contributed by atoms with van der Waals surface area (Å²) in [5.41, 5.74) is 1.62. The van der Waals surface area contributed by atoms with E-state index in [-0.39, 0.29) is 11.4 Å². The maximum atomic E-state index is 12.2. The first-order chi connectivity index (χ1) is 11.1. The highest BCUT2D eigenvalue weighted by Crippen LogP contribution is 2.39. The Labute approximate surface area is 132 Å². The van der Waals surface area contributed by atoms with Gasteiger partial charge in [0.25, 0.3) is 5.91 Å². The predicted octanol–water partition coefficient (Wildman–Crippen LogP) is 2.86. The number of carbonyl (C=O) groups excluding carboxylic acids is 1. The molecule has 0 saturated heterocycles. The summed E-state index contributed by atoms with van der Waals surface area (Å²) >= 11 is 0. The van der Waals surface area contributed by atoms with E-state index in [4.69, 9.17) is 0 Å². The van der Waals surface area contributed by atoms with E-state index in [1.54, 1.807) is 6.07 Å². The Morgan fingerprint density at radius 2 is 1.91 bits per heavy atom. The van der Waals surface area contributed by atoms with Gasteiger partial charge in [0, 0.05) is 23.3 Å². The van der Waals surface area contributed by atoms with Crippen molar-refractivity contribution >= 4 is 22.5 Å². The van der Waals surface area contributed by atoms with Gasteiger partial charge in [0.05, 0.1) is 5.52 Å². The number of amides is 1. The van der Waals surface area contributed by atoms with Gasteiger partial charge in [-0.2, -0.15) is 0 Å². The summed E-state index contributed by atoms with van der Waals surface area (Å²) < 4.78 is 0. The molecule has 1 aromatic carbocycles. The monoisotopic (exact) mass is 309 g/mol. The second-order valence-electron chi connectivity index (χ2n) is 5.01. The van der Waals surface area contributed by atoms with Crippen LogP contribution in [0, 0.1) is 0 Å². The number of rotatable bonds is 3. The van der Waals surface area contributed by atoms with Gasteiger partial charge in [-0.15, -0.1) is 0 Å². The molecule has 0 aliphatic rings. The summed E-state index contributed by atoms with van der Waals surface area (Å²) in [7, 11) is 0. The fourth-order valence-electron chi connectivity index (χ4n) is 2.45. The average molecular weight is 309 g/mol. The van der Waals surface area contributed by atoms with Crippen LogP contribution in [0.25, 0.3) is 10.9 Å². The SMILES string of the molecule is CCc1cccc2nc(O)c(NC(=O)c3ccncc3)c(O)c12.